The maximum Gasteiger partial charge on any atom is 0.196 e. The van der Waals surface area contributed by atoms with Crippen LogP contribution in [0.1, 0.15) is 11.1 Å². The lowest BCUT2D eigenvalue weighted by atomic mass is 10.2. The lowest BCUT2D eigenvalue weighted by Gasteiger charge is -2.15. The number of aryl methyl sites for hydroxylation is 2. The van der Waals surface area contributed by atoms with Crippen LogP contribution in [0.4, 0.5) is 0 Å². The number of methoxy groups -OCH3 is 1. The zero-order chi connectivity index (χ0) is 22.2. The van der Waals surface area contributed by atoms with Gasteiger partial charge in [0.15, 0.2) is 16.6 Å². The normalized spacial score (nSPS) is 11.4. The van der Waals surface area contributed by atoms with Crippen LogP contribution >= 0.6 is 23.4 Å². The first kappa shape index (κ1) is 20.7. The minimum atomic E-state index is 0.607. The van der Waals surface area contributed by atoms with Gasteiger partial charge in [-0.15, -0.1) is 10.2 Å². The van der Waals surface area contributed by atoms with E-state index < -0.39 is 0 Å². The lowest BCUT2D eigenvalue weighted by Crippen LogP contribution is -2.04. The third-order valence-corrected chi connectivity index (χ3v) is 6.59. The van der Waals surface area contributed by atoms with Crippen LogP contribution in [0.15, 0.2) is 70.4 Å². The van der Waals surface area contributed by atoms with E-state index in [2.05, 4.69) is 41.4 Å². The Morgan fingerprint density at radius 1 is 1.09 bits per heavy atom. The fourth-order valence-electron chi connectivity index (χ4n) is 3.80. The van der Waals surface area contributed by atoms with Crippen LogP contribution in [0.5, 0.6) is 5.75 Å². The molecule has 0 bridgehead atoms. The highest BCUT2D eigenvalue weighted by atomic mass is 35.5. The molecule has 6 nitrogen and oxygen atoms in total. The van der Waals surface area contributed by atoms with E-state index in [0.717, 1.165) is 33.4 Å². The van der Waals surface area contributed by atoms with Crippen molar-refractivity contribution < 1.29 is 9.15 Å². The molecule has 2 aromatic carbocycles. The van der Waals surface area contributed by atoms with Crippen LogP contribution in [-0.2, 0) is 12.8 Å². The molecule has 0 aliphatic carbocycles. The van der Waals surface area contributed by atoms with Gasteiger partial charge in [0.05, 0.1) is 30.3 Å². The molecule has 32 heavy (non-hydrogen) atoms. The van der Waals surface area contributed by atoms with Crippen molar-refractivity contribution >= 4 is 34.5 Å². The van der Waals surface area contributed by atoms with Crippen LogP contribution in [-0.4, -0.2) is 26.4 Å². The Morgan fingerprint density at radius 2 is 1.97 bits per heavy atom. The van der Waals surface area contributed by atoms with Gasteiger partial charge < -0.3 is 13.7 Å². The van der Waals surface area contributed by atoms with E-state index in [1.165, 1.54) is 11.1 Å². The largest absolute Gasteiger partial charge is 0.495 e. The highest BCUT2D eigenvalue weighted by Crippen LogP contribution is 2.36. The number of fused-ring (bicyclic) bond motifs is 1. The Hall–Kier alpha value is -3.16. The number of halogens is 1. The molecule has 8 heteroatoms. The first-order valence-corrected chi connectivity index (χ1v) is 11.4. The molecule has 0 spiro atoms. The summed E-state index contributed by atoms with van der Waals surface area (Å²) in [6.07, 6.45) is 1.68. The summed E-state index contributed by atoms with van der Waals surface area (Å²) in [4.78, 5) is 0. The minimum absolute atomic E-state index is 0.607. The molecule has 0 saturated heterocycles. The van der Waals surface area contributed by atoms with E-state index in [9.17, 15) is 0 Å². The quantitative estimate of drug-likeness (QED) is 0.277. The molecule has 3 heterocycles. The van der Waals surface area contributed by atoms with Gasteiger partial charge in [-0.25, -0.2) is 0 Å². The van der Waals surface area contributed by atoms with Crippen LogP contribution < -0.4 is 4.74 Å². The van der Waals surface area contributed by atoms with E-state index in [-0.39, 0.29) is 0 Å². The Labute approximate surface area is 194 Å². The Balaban J connectivity index is 1.65. The molecule has 0 N–H and O–H groups in total. The maximum atomic E-state index is 6.37. The summed E-state index contributed by atoms with van der Waals surface area (Å²) in [6.45, 7) is 2.09. The minimum Gasteiger partial charge on any atom is -0.495 e. The number of benzene rings is 2. The molecule has 0 amide bonds. The molecule has 5 aromatic rings. The molecule has 162 valence electrons. The molecule has 0 aliphatic rings. The molecule has 0 fully saturated rings. The van der Waals surface area contributed by atoms with E-state index in [1.54, 1.807) is 25.1 Å². The number of hydrogen-bond donors (Lipinski definition) is 0. The second kappa shape index (κ2) is 8.41. The molecule has 3 aromatic heterocycles. The third-order valence-electron chi connectivity index (χ3n) is 5.36. The van der Waals surface area contributed by atoms with Crippen LogP contribution in [0.3, 0.4) is 0 Å². The van der Waals surface area contributed by atoms with E-state index in [4.69, 9.17) is 20.8 Å². The Morgan fingerprint density at radius 3 is 2.75 bits per heavy atom. The number of rotatable bonds is 6. The smallest absolute Gasteiger partial charge is 0.196 e. The fourth-order valence-corrected chi connectivity index (χ4v) is 4.85. The standard InChI is InChI=1S/C24H21ClN4O2S/c1-15-5-4-6-16(11-15)14-32-24-27-26-23(20-13-22-18(28(20)2)9-10-31-22)29(24)19-12-17(25)7-8-21(19)30-3/h4-13H,14H2,1-3H3. The molecule has 0 saturated carbocycles. The van der Waals surface area contributed by atoms with Crippen LogP contribution in [0.25, 0.3) is 28.3 Å². The second-order valence-corrected chi connectivity index (χ2v) is 8.87. The van der Waals surface area contributed by atoms with Gasteiger partial charge in [-0.05, 0) is 30.7 Å². The third kappa shape index (κ3) is 3.67. The van der Waals surface area contributed by atoms with Crippen molar-refractivity contribution in [3.05, 3.63) is 77.0 Å². The molecule has 0 unspecified atom stereocenters. The second-order valence-electron chi connectivity index (χ2n) is 7.49. The molecular formula is C24H21ClN4O2S. The zero-order valence-electron chi connectivity index (χ0n) is 17.9. The summed E-state index contributed by atoms with van der Waals surface area (Å²) in [5.41, 5.74) is 5.90. The van der Waals surface area contributed by atoms with E-state index in [0.29, 0.717) is 16.6 Å². The topological polar surface area (TPSA) is 58.0 Å². The first-order chi connectivity index (χ1) is 15.5. The number of ether oxygens (including phenoxy) is 1. The molecule has 5 rings (SSSR count). The number of hydrogen-bond acceptors (Lipinski definition) is 5. The Kier molecular flexibility index (Phi) is 5.45. The highest BCUT2D eigenvalue weighted by Gasteiger charge is 2.23. The lowest BCUT2D eigenvalue weighted by molar-refractivity contribution is 0.412. The monoisotopic (exact) mass is 464 g/mol. The molecule has 0 radical (unpaired) electrons. The summed E-state index contributed by atoms with van der Waals surface area (Å²) in [7, 11) is 3.63. The zero-order valence-corrected chi connectivity index (χ0v) is 19.4. The summed E-state index contributed by atoms with van der Waals surface area (Å²) in [5.74, 6) is 2.13. The van der Waals surface area contributed by atoms with Gasteiger partial charge in [-0.2, -0.15) is 0 Å². The Bertz CT molecular complexity index is 1420. The van der Waals surface area contributed by atoms with Crippen LogP contribution in [0.2, 0.25) is 5.02 Å². The van der Waals surface area contributed by atoms with Gasteiger partial charge in [0.1, 0.15) is 5.75 Å². The van der Waals surface area contributed by atoms with Crippen molar-refractivity contribution in [2.24, 2.45) is 7.05 Å². The highest BCUT2D eigenvalue weighted by molar-refractivity contribution is 7.98. The van der Waals surface area contributed by atoms with E-state index in [1.807, 2.05) is 46.5 Å². The summed E-state index contributed by atoms with van der Waals surface area (Å²) in [5, 5.41) is 10.5. The summed E-state index contributed by atoms with van der Waals surface area (Å²) in [6, 6.07) is 17.9. The number of furan rings is 1. The van der Waals surface area contributed by atoms with Crippen molar-refractivity contribution in [3.63, 3.8) is 0 Å². The maximum absolute atomic E-state index is 6.37. The average molecular weight is 465 g/mol. The van der Waals surface area contributed by atoms with Crippen molar-refractivity contribution in [1.82, 2.24) is 19.3 Å². The summed E-state index contributed by atoms with van der Waals surface area (Å²) >= 11 is 7.99. The number of thioether (sulfide) groups is 1. The van der Waals surface area contributed by atoms with Crippen molar-refractivity contribution in [2.75, 3.05) is 7.11 Å². The van der Waals surface area contributed by atoms with Gasteiger partial charge in [0, 0.05) is 30.0 Å². The predicted molar refractivity (Wildman–Crippen MR) is 128 cm³/mol. The van der Waals surface area contributed by atoms with Crippen LogP contribution in [0, 0.1) is 6.92 Å². The number of nitrogens with zero attached hydrogens (tertiary/aromatic N) is 4. The van der Waals surface area contributed by atoms with E-state index >= 15 is 0 Å². The van der Waals surface area contributed by atoms with Crippen molar-refractivity contribution in [2.45, 2.75) is 17.8 Å². The van der Waals surface area contributed by atoms with Gasteiger partial charge >= 0.3 is 0 Å². The number of aromatic nitrogens is 4. The molecule has 0 atom stereocenters. The van der Waals surface area contributed by atoms with Crippen molar-refractivity contribution in [1.29, 1.82) is 0 Å². The molecule has 0 aliphatic heterocycles. The molecular weight excluding hydrogens is 444 g/mol. The van der Waals surface area contributed by atoms with Gasteiger partial charge in [0.25, 0.3) is 0 Å². The summed E-state index contributed by atoms with van der Waals surface area (Å²) < 4.78 is 15.3. The van der Waals surface area contributed by atoms with Gasteiger partial charge in [0.2, 0.25) is 0 Å². The van der Waals surface area contributed by atoms with Gasteiger partial charge in [-0.3, -0.25) is 4.57 Å². The SMILES string of the molecule is COc1ccc(Cl)cc1-n1c(SCc2cccc(C)c2)nnc1-c1cc2occc2n1C. The first-order valence-electron chi connectivity index (χ1n) is 10.1. The van der Waals surface area contributed by atoms with Crippen molar-refractivity contribution in [3.8, 4) is 23.0 Å². The fraction of sp³-hybridized carbons (Fsp3) is 0.167. The van der Waals surface area contributed by atoms with Gasteiger partial charge in [-0.1, -0.05) is 53.2 Å². The predicted octanol–water partition coefficient (Wildman–Crippen LogP) is 6.28. The average Bonchev–Trinajstić information content (AvgIpc) is 3.48.